The summed E-state index contributed by atoms with van der Waals surface area (Å²) in [6.07, 6.45) is -3.58. The predicted molar refractivity (Wildman–Crippen MR) is 161 cm³/mol. The maximum absolute atomic E-state index is 13.9. The number of nitrogens with zero attached hydrogens (tertiary/aromatic N) is 1. The third-order valence-electron chi connectivity index (χ3n) is 9.18. The topological polar surface area (TPSA) is 161 Å². The van der Waals surface area contributed by atoms with Gasteiger partial charge in [0.1, 0.15) is 24.4 Å². The highest BCUT2D eigenvalue weighted by Crippen LogP contribution is 2.38. The summed E-state index contributed by atoms with van der Waals surface area (Å²) < 4.78 is 29.5. The lowest BCUT2D eigenvalue weighted by Crippen LogP contribution is -2.59. The van der Waals surface area contributed by atoms with Gasteiger partial charge < -0.3 is 43.9 Å². The van der Waals surface area contributed by atoms with Gasteiger partial charge in [-0.3, -0.25) is 14.4 Å². The number of methoxy groups -OCH3 is 1. The van der Waals surface area contributed by atoms with Crippen LogP contribution in [0.5, 0.6) is 0 Å². The third-order valence-corrected chi connectivity index (χ3v) is 9.18. The lowest BCUT2D eigenvalue weighted by atomic mass is 9.76. The molecule has 0 unspecified atom stereocenters. The Labute approximate surface area is 262 Å². The molecule has 0 aromatic heterocycles. The monoisotopic (exact) mass is 629 g/mol. The van der Waals surface area contributed by atoms with Crippen LogP contribution in [0.1, 0.15) is 74.7 Å². The Kier molecular flexibility index (Phi) is 13.5. The van der Waals surface area contributed by atoms with Crippen LogP contribution in [0.15, 0.2) is 11.6 Å². The van der Waals surface area contributed by atoms with Crippen molar-refractivity contribution in [2.75, 3.05) is 27.8 Å². The first kappa shape index (κ1) is 38.3. The van der Waals surface area contributed by atoms with Crippen LogP contribution in [-0.2, 0) is 38.1 Å². The maximum atomic E-state index is 13.9. The van der Waals surface area contributed by atoms with Crippen molar-refractivity contribution in [1.82, 2.24) is 4.90 Å². The molecule has 0 saturated carbocycles. The quantitative estimate of drug-likeness (QED) is 0.352. The van der Waals surface area contributed by atoms with Gasteiger partial charge in [-0.15, -0.1) is 0 Å². The van der Waals surface area contributed by atoms with E-state index in [1.165, 1.54) is 34.0 Å². The van der Waals surface area contributed by atoms with E-state index >= 15 is 0 Å². The van der Waals surface area contributed by atoms with Crippen molar-refractivity contribution < 1.29 is 53.4 Å². The number of Topliss-reactive ketones (excluding diaryl/α,β-unsaturated/α-hetero) is 1. The van der Waals surface area contributed by atoms with E-state index in [-0.39, 0.29) is 37.2 Å². The Bertz CT molecular complexity index is 1030. The predicted octanol–water partition coefficient (Wildman–Crippen LogP) is 2.01. The van der Waals surface area contributed by atoms with Crippen LogP contribution in [0.2, 0.25) is 0 Å². The van der Waals surface area contributed by atoms with E-state index < -0.39 is 77.4 Å². The SMILES string of the molecule is CC[C@H]1OC(=O)[C@H](C)[C@@H](O)[C@H](C)[C@@H](O[C@@H]2O[C@H](C)C[C@H](N(C)C)[C@H]2O)[C@@](C)(OC)C[C@@H](C)C(=O)/C(COC(C)=O)=C/[C@]1(C)O. The molecule has 0 bridgehead atoms. The second-order valence-electron chi connectivity index (χ2n) is 13.3. The maximum Gasteiger partial charge on any atom is 0.311 e. The van der Waals surface area contributed by atoms with Gasteiger partial charge in [0.05, 0.1) is 29.8 Å². The van der Waals surface area contributed by atoms with Crippen LogP contribution in [0.25, 0.3) is 0 Å². The Morgan fingerprint density at radius 1 is 1.11 bits per heavy atom. The van der Waals surface area contributed by atoms with Crippen molar-refractivity contribution in [3.05, 3.63) is 11.6 Å². The van der Waals surface area contributed by atoms with E-state index in [1.807, 2.05) is 25.9 Å². The van der Waals surface area contributed by atoms with E-state index in [0.717, 1.165) is 0 Å². The highest BCUT2D eigenvalue weighted by Gasteiger charge is 2.50. The molecule has 12 nitrogen and oxygen atoms in total. The van der Waals surface area contributed by atoms with Gasteiger partial charge in [-0.25, -0.2) is 0 Å². The summed E-state index contributed by atoms with van der Waals surface area (Å²) in [4.78, 5) is 40.8. The number of aliphatic hydroxyl groups is 3. The fraction of sp³-hybridized carbons (Fsp3) is 0.844. The first-order chi connectivity index (χ1) is 20.3. The summed E-state index contributed by atoms with van der Waals surface area (Å²) in [7, 11) is 5.18. The van der Waals surface area contributed by atoms with Crippen molar-refractivity contribution in [2.24, 2.45) is 17.8 Å². The van der Waals surface area contributed by atoms with E-state index in [1.54, 1.807) is 27.7 Å². The zero-order valence-electron chi connectivity index (χ0n) is 28.2. The normalized spacial score (nSPS) is 42.7. The van der Waals surface area contributed by atoms with Crippen LogP contribution < -0.4 is 0 Å². The van der Waals surface area contributed by atoms with E-state index in [9.17, 15) is 29.7 Å². The molecular weight excluding hydrogens is 574 g/mol. The molecule has 0 aliphatic carbocycles. The third kappa shape index (κ3) is 9.08. The molecule has 3 N–H and O–H groups in total. The van der Waals surface area contributed by atoms with Gasteiger partial charge in [0, 0.05) is 37.5 Å². The van der Waals surface area contributed by atoms with Crippen LogP contribution >= 0.6 is 0 Å². The second kappa shape index (κ2) is 15.6. The number of likely N-dealkylation sites (N-methyl/N-ethyl adjacent to an activating group) is 1. The molecule has 0 aromatic carbocycles. The Hall–Kier alpha value is -1.93. The molecule has 0 spiro atoms. The van der Waals surface area contributed by atoms with Gasteiger partial charge in [0.15, 0.2) is 12.1 Å². The van der Waals surface area contributed by atoms with Gasteiger partial charge in [-0.1, -0.05) is 20.8 Å². The van der Waals surface area contributed by atoms with Crippen molar-refractivity contribution in [3.63, 3.8) is 0 Å². The number of ether oxygens (including phenoxy) is 5. The molecule has 2 aliphatic heterocycles. The molecule has 12 heteroatoms. The molecule has 2 rings (SSSR count). The molecule has 12 atom stereocenters. The highest BCUT2D eigenvalue weighted by atomic mass is 16.7. The number of aliphatic hydroxyl groups excluding tert-OH is 2. The molecule has 254 valence electrons. The first-order valence-corrected chi connectivity index (χ1v) is 15.5. The summed E-state index contributed by atoms with van der Waals surface area (Å²) in [5.74, 6) is -4.33. The van der Waals surface area contributed by atoms with E-state index in [4.69, 9.17) is 23.7 Å². The fourth-order valence-electron chi connectivity index (χ4n) is 6.40. The van der Waals surface area contributed by atoms with Crippen molar-refractivity contribution >= 4 is 17.7 Å². The molecule has 1 fully saturated rings. The molecule has 2 aliphatic rings. The number of ketones is 1. The zero-order valence-corrected chi connectivity index (χ0v) is 28.2. The summed E-state index contributed by atoms with van der Waals surface area (Å²) >= 11 is 0. The minimum atomic E-state index is -1.79. The zero-order chi connectivity index (χ0) is 33.7. The van der Waals surface area contributed by atoms with Crippen molar-refractivity contribution in [1.29, 1.82) is 0 Å². The van der Waals surface area contributed by atoms with Gasteiger partial charge in [0.25, 0.3) is 0 Å². The summed E-state index contributed by atoms with van der Waals surface area (Å²) in [6.45, 7) is 12.5. The number of cyclic esters (lactones) is 1. The molecule has 2 heterocycles. The average Bonchev–Trinajstić information content (AvgIpc) is 2.95. The average molecular weight is 630 g/mol. The number of carbonyl (C=O) groups excluding carboxylic acids is 3. The van der Waals surface area contributed by atoms with E-state index in [0.29, 0.717) is 6.42 Å². The summed E-state index contributed by atoms with van der Waals surface area (Å²) in [5, 5.41) is 34.2. The number of rotatable bonds is 7. The highest BCUT2D eigenvalue weighted by molar-refractivity contribution is 5.97. The first-order valence-electron chi connectivity index (χ1n) is 15.5. The summed E-state index contributed by atoms with van der Waals surface area (Å²) in [6, 6.07) is -0.265. The minimum absolute atomic E-state index is 0.0370. The van der Waals surface area contributed by atoms with Crippen LogP contribution in [0.3, 0.4) is 0 Å². The Balaban J connectivity index is 2.68. The second-order valence-corrected chi connectivity index (χ2v) is 13.3. The molecule has 44 heavy (non-hydrogen) atoms. The van der Waals surface area contributed by atoms with Gasteiger partial charge >= 0.3 is 11.9 Å². The fourth-order valence-corrected chi connectivity index (χ4v) is 6.40. The molecule has 0 amide bonds. The standard InChI is InChI=1S/C32H55NO11/c1-12-24-31(7,39)15-22(16-41-21(6)34)25(35)17(2)14-32(8,40-11)28(19(4)26(36)20(5)29(38)43-24)44-30-27(37)23(33(9)10)13-18(3)42-30/h15,17-20,23-24,26-28,30,36-37,39H,12-14,16H2,1-11H3/b22-15+/t17-,18-,19+,20-,23+,24-,26+,27-,28-,30+,31+,32+/m1/s1. The smallest absolute Gasteiger partial charge is 0.311 e. The Morgan fingerprint density at radius 2 is 1.73 bits per heavy atom. The van der Waals surface area contributed by atoms with Crippen LogP contribution in [0, 0.1) is 17.8 Å². The molecule has 0 aromatic rings. The van der Waals surface area contributed by atoms with Crippen molar-refractivity contribution in [2.45, 2.75) is 129 Å². The largest absolute Gasteiger partial charge is 0.461 e. The molecule has 0 radical (unpaired) electrons. The lowest BCUT2D eigenvalue weighted by molar-refractivity contribution is -0.301. The van der Waals surface area contributed by atoms with Gasteiger partial charge in [-0.05, 0) is 67.1 Å². The molecular formula is C32H55NO11. The number of carbonyl (C=O) groups is 3. The van der Waals surface area contributed by atoms with Gasteiger partial charge in [-0.2, -0.15) is 0 Å². The van der Waals surface area contributed by atoms with E-state index in [2.05, 4.69) is 0 Å². The Morgan fingerprint density at radius 3 is 2.25 bits per heavy atom. The number of hydrogen-bond acceptors (Lipinski definition) is 12. The lowest BCUT2D eigenvalue weighted by Gasteiger charge is -2.47. The number of esters is 2. The van der Waals surface area contributed by atoms with Gasteiger partial charge in [0.2, 0.25) is 0 Å². The van der Waals surface area contributed by atoms with Crippen LogP contribution in [-0.4, -0.2) is 120 Å². The minimum Gasteiger partial charge on any atom is -0.461 e. The summed E-state index contributed by atoms with van der Waals surface area (Å²) in [5.41, 5.74) is -3.00. The van der Waals surface area contributed by atoms with Crippen molar-refractivity contribution in [3.8, 4) is 0 Å². The van der Waals surface area contributed by atoms with Crippen LogP contribution in [0.4, 0.5) is 0 Å². The number of hydrogen-bond donors (Lipinski definition) is 3. The molecule has 1 saturated heterocycles.